The van der Waals surface area contributed by atoms with Crippen molar-refractivity contribution in [1.29, 1.82) is 0 Å². The van der Waals surface area contributed by atoms with Gasteiger partial charge in [-0.15, -0.1) is 0 Å². The van der Waals surface area contributed by atoms with Crippen LogP contribution in [0.4, 0.5) is 0 Å². The van der Waals surface area contributed by atoms with Gasteiger partial charge in [0.05, 0.1) is 4.91 Å². The predicted octanol–water partition coefficient (Wildman–Crippen LogP) is 5.41. The molecule has 0 aliphatic carbocycles. The van der Waals surface area contributed by atoms with E-state index in [1.807, 2.05) is 54.3 Å². The second kappa shape index (κ2) is 10.9. The quantitative estimate of drug-likeness (QED) is 0.418. The zero-order valence-corrected chi connectivity index (χ0v) is 19.4. The lowest BCUT2D eigenvalue weighted by molar-refractivity contribution is -0.135. The summed E-state index contributed by atoms with van der Waals surface area (Å²) in [6.07, 6.45) is 9.49. The Morgan fingerprint density at radius 3 is 2.77 bits per heavy atom. The van der Waals surface area contributed by atoms with Gasteiger partial charge in [0.2, 0.25) is 5.91 Å². The maximum Gasteiger partial charge on any atom is 0.266 e. The van der Waals surface area contributed by atoms with Crippen LogP contribution in [0.15, 0.2) is 46.9 Å². The van der Waals surface area contributed by atoms with Crippen molar-refractivity contribution < 1.29 is 9.59 Å². The molecule has 2 aliphatic rings. The van der Waals surface area contributed by atoms with E-state index in [9.17, 15) is 9.59 Å². The summed E-state index contributed by atoms with van der Waals surface area (Å²) in [5, 5.41) is 0. The van der Waals surface area contributed by atoms with Crippen LogP contribution in [0, 0.1) is 0 Å². The number of carbonyl (C=O) groups excluding carboxylic acids is 2. The molecule has 2 fully saturated rings. The normalized spacial score (nSPS) is 21.6. The van der Waals surface area contributed by atoms with Gasteiger partial charge in [-0.2, -0.15) is 0 Å². The first kappa shape index (κ1) is 22.8. The second-order valence-electron chi connectivity index (χ2n) is 7.88. The molecule has 3 rings (SSSR count). The highest BCUT2D eigenvalue weighted by Gasteiger charge is 2.32. The number of nitrogens with zero attached hydrogens (tertiary/aromatic N) is 2. The van der Waals surface area contributed by atoms with Crippen molar-refractivity contribution in [2.24, 2.45) is 0 Å². The largest absolute Gasteiger partial charge is 0.340 e. The molecular formula is C24H30N2O2S2. The van der Waals surface area contributed by atoms with Crippen LogP contribution in [0.3, 0.4) is 0 Å². The number of piperidine rings is 1. The lowest BCUT2D eigenvalue weighted by atomic mass is 9.99. The molecule has 2 saturated heterocycles. The highest BCUT2D eigenvalue weighted by Crippen LogP contribution is 2.32. The Morgan fingerprint density at radius 2 is 2.03 bits per heavy atom. The minimum Gasteiger partial charge on any atom is -0.340 e. The van der Waals surface area contributed by atoms with Crippen molar-refractivity contribution in [2.75, 3.05) is 13.1 Å². The zero-order chi connectivity index (χ0) is 21.5. The Kier molecular flexibility index (Phi) is 8.28. The number of rotatable bonds is 7. The second-order valence-corrected chi connectivity index (χ2v) is 9.56. The molecule has 2 amide bonds. The first-order chi connectivity index (χ1) is 14.5. The Bertz CT molecular complexity index is 848. The summed E-state index contributed by atoms with van der Waals surface area (Å²) in [6, 6.07) is 10.4. The minimum absolute atomic E-state index is 0.0531. The van der Waals surface area contributed by atoms with Crippen LogP contribution in [0.25, 0.3) is 6.08 Å². The molecule has 1 atom stereocenters. The third-order valence-electron chi connectivity index (χ3n) is 5.62. The average Bonchev–Trinajstić information content (AvgIpc) is 3.01. The molecule has 1 unspecified atom stereocenters. The maximum absolute atomic E-state index is 12.8. The molecule has 2 heterocycles. The van der Waals surface area contributed by atoms with Crippen LogP contribution in [0.2, 0.25) is 0 Å². The molecule has 0 bridgehead atoms. The smallest absolute Gasteiger partial charge is 0.266 e. The average molecular weight is 443 g/mol. The number of thiocarbonyl (C=S) groups is 1. The Balaban J connectivity index is 1.55. The fraction of sp³-hybridized carbons (Fsp3) is 0.458. The molecule has 1 aromatic rings. The lowest BCUT2D eigenvalue weighted by Gasteiger charge is -2.35. The van der Waals surface area contributed by atoms with Gasteiger partial charge in [0.1, 0.15) is 4.32 Å². The first-order valence-electron chi connectivity index (χ1n) is 10.8. The van der Waals surface area contributed by atoms with Crippen molar-refractivity contribution in [2.45, 2.75) is 58.4 Å². The molecule has 4 nitrogen and oxygen atoms in total. The van der Waals surface area contributed by atoms with Crippen molar-refractivity contribution in [1.82, 2.24) is 9.80 Å². The number of carbonyl (C=O) groups is 2. The number of amides is 2. The molecule has 160 valence electrons. The Hall–Kier alpha value is -1.92. The van der Waals surface area contributed by atoms with E-state index < -0.39 is 0 Å². The summed E-state index contributed by atoms with van der Waals surface area (Å²) in [4.78, 5) is 29.8. The molecule has 6 heteroatoms. The van der Waals surface area contributed by atoms with Crippen molar-refractivity contribution in [3.05, 3.63) is 52.4 Å². The number of likely N-dealkylation sites (tertiary alicyclic amines) is 1. The standard InChI is InChI=1S/C24H30N2O2S2/c1-3-20-12-7-8-14-25(20)22(27)13-9-15-26-23(28)21(30-24(26)29)17-18(2)16-19-10-5-4-6-11-19/h4-6,10-11,16-17,20H,3,7-9,12-15H2,1-2H3/b18-16+,21-17+. The molecular weight excluding hydrogens is 412 g/mol. The molecule has 0 radical (unpaired) electrons. The third kappa shape index (κ3) is 5.82. The van der Waals surface area contributed by atoms with Gasteiger partial charge >= 0.3 is 0 Å². The molecule has 0 aromatic heterocycles. The van der Waals surface area contributed by atoms with Crippen molar-refractivity contribution >= 4 is 46.2 Å². The van der Waals surface area contributed by atoms with Gasteiger partial charge < -0.3 is 4.90 Å². The number of hydrogen-bond donors (Lipinski definition) is 0. The van der Waals surface area contributed by atoms with E-state index >= 15 is 0 Å². The number of hydrogen-bond acceptors (Lipinski definition) is 4. The molecule has 0 N–H and O–H groups in total. The van der Waals surface area contributed by atoms with Gasteiger partial charge in [-0.25, -0.2) is 0 Å². The first-order valence-corrected chi connectivity index (χ1v) is 12.0. The van der Waals surface area contributed by atoms with E-state index in [-0.39, 0.29) is 11.8 Å². The maximum atomic E-state index is 12.8. The van der Waals surface area contributed by atoms with Crippen molar-refractivity contribution in [3.8, 4) is 0 Å². The highest BCUT2D eigenvalue weighted by molar-refractivity contribution is 8.26. The number of allylic oxidation sites excluding steroid dienone is 2. The van der Waals surface area contributed by atoms with Crippen LogP contribution in [0.5, 0.6) is 0 Å². The summed E-state index contributed by atoms with van der Waals surface area (Å²) in [6.45, 7) is 5.51. The summed E-state index contributed by atoms with van der Waals surface area (Å²) in [5.41, 5.74) is 2.11. The van der Waals surface area contributed by atoms with E-state index in [4.69, 9.17) is 12.2 Å². The third-order valence-corrected chi connectivity index (χ3v) is 7.00. The SMILES string of the molecule is CCC1CCCCN1C(=O)CCCN1C(=O)/C(=C\C(C)=C\c2ccccc2)SC1=S. The van der Waals surface area contributed by atoms with Crippen LogP contribution in [-0.2, 0) is 9.59 Å². The van der Waals surface area contributed by atoms with Crippen LogP contribution < -0.4 is 0 Å². The summed E-state index contributed by atoms with van der Waals surface area (Å²) in [7, 11) is 0. The van der Waals surface area contributed by atoms with Crippen LogP contribution in [0.1, 0.15) is 57.9 Å². The lowest BCUT2D eigenvalue weighted by Crippen LogP contribution is -2.43. The van der Waals surface area contributed by atoms with Gasteiger partial charge in [0.15, 0.2) is 0 Å². The summed E-state index contributed by atoms with van der Waals surface area (Å²) < 4.78 is 0.579. The van der Waals surface area contributed by atoms with E-state index in [0.717, 1.165) is 36.9 Å². The Labute approximate surface area is 189 Å². The molecule has 1 aromatic carbocycles. The summed E-state index contributed by atoms with van der Waals surface area (Å²) in [5.74, 6) is 0.159. The number of thioether (sulfide) groups is 1. The predicted molar refractivity (Wildman–Crippen MR) is 129 cm³/mol. The van der Waals surface area contributed by atoms with E-state index in [1.54, 1.807) is 4.90 Å². The molecule has 0 saturated carbocycles. The van der Waals surface area contributed by atoms with Gasteiger partial charge in [-0.3, -0.25) is 14.5 Å². The summed E-state index contributed by atoms with van der Waals surface area (Å²) >= 11 is 6.78. The van der Waals surface area contributed by atoms with E-state index in [1.165, 1.54) is 18.2 Å². The monoisotopic (exact) mass is 442 g/mol. The van der Waals surface area contributed by atoms with E-state index in [2.05, 4.69) is 6.92 Å². The fourth-order valence-corrected chi connectivity index (χ4v) is 5.40. The minimum atomic E-state index is -0.0531. The van der Waals surface area contributed by atoms with Crippen LogP contribution >= 0.6 is 24.0 Å². The van der Waals surface area contributed by atoms with Gasteiger partial charge in [0, 0.05) is 25.6 Å². The van der Waals surface area contributed by atoms with Gasteiger partial charge in [0.25, 0.3) is 5.91 Å². The van der Waals surface area contributed by atoms with E-state index in [0.29, 0.717) is 34.7 Å². The number of benzene rings is 1. The zero-order valence-electron chi connectivity index (χ0n) is 17.8. The van der Waals surface area contributed by atoms with Gasteiger partial charge in [-0.1, -0.05) is 67.3 Å². The van der Waals surface area contributed by atoms with Gasteiger partial charge in [-0.05, 0) is 56.2 Å². The Morgan fingerprint density at radius 1 is 1.27 bits per heavy atom. The highest BCUT2D eigenvalue weighted by atomic mass is 32.2. The van der Waals surface area contributed by atoms with Crippen LogP contribution in [-0.4, -0.2) is 45.1 Å². The molecule has 2 aliphatic heterocycles. The molecule has 0 spiro atoms. The fourth-order valence-electron chi connectivity index (χ4n) is 4.04. The van der Waals surface area contributed by atoms with Crippen molar-refractivity contribution in [3.63, 3.8) is 0 Å². The molecule has 30 heavy (non-hydrogen) atoms. The topological polar surface area (TPSA) is 40.6 Å².